The maximum absolute atomic E-state index is 13.1. The molecule has 0 aromatic heterocycles. The van der Waals surface area contributed by atoms with Crippen LogP contribution < -0.4 is 10.6 Å². The summed E-state index contributed by atoms with van der Waals surface area (Å²) in [5.41, 5.74) is 1.48. The highest BCUT2D eigenvalue weighted by Crippen LogP contribution is 2.32. The lowest BCUT2D eigenvalue weighted by Crippen LogP contribution is -2.45. The average Bonchev–Trinajstić information content (AvgIpc) is 2.37. The maximum atomic E-state index is 13.1. The first kappa shape index (κ1) is 14.7. The molecular weight excluding hydrogens is 303 g/mol. The van der Waals surface area contributed by atoms with E-state index in [1.165, 1.54) is 25.3 Å². The maximum Gasteiger partial charge on any atom is 0.337 e. The second-order valence-electron chi connectivity index (χ2n) is 4.23. The van der Waals surface area contributed by atoms with Crippen molar-refractivity contribution in [3.8, 4) is 0 Å². The number of ether oxygens (including phenoxy) is 1. The minimum Gasteiger partial charge on any atom is -0.466 e. The van der Waals surface area contributed by atoms with E-state index in [0.29, 0.717) is 21.9 Å². The summed E-state index contributed by atoms with van der Waals surface area (Å²) in [5, 5.41) is 6.37. The van der Waals surface area contributed by atoms with E-state index in [9.17, 15) is 9.18 Å². The van der Waals surface area contributed by atoms with E-state index in [-0.39, 0.29) is 5.02 Å². The number of rotatable bonds is 2. The van der Waals surface area contributed by atoms with Crippen molar-refractivity contribution in [3.63, 3.8) is 0 Å². The number of esters is 1. The zero-order valence-electron chi connectivity index (χ0n) is 10.8. The van der Waals surface area contributed by atoms with Gasteiger partial charge >= 0.3 is 5.97 Å². The second kappa shape index (κ2) is 5.76. The largest absolute Gasteiger partial charge is 0.466 e. The van der Waals surface area contributed by atoms with Gasteiger partial charge in [-0.05, 0) is 36.8 Å². The van der Waals surface area contributed by atoms with Crippen molar-refractivity contribution in [2.24, 2.45) is 0 Å². The van der Waals surface area contributed by atoms with Gasteiger partial charge in [0, 0.05) is 10.7 Å². The number of hydrogen-bond acceptors (Lipinski definition) is 3. The molecule has 20 heavy (non-hydrogen) atoms. The summed E-state index contributed by atoms with van der Waals surface area (Å²) < 4.78 is 17.9. The van der Waals surface area contributed by atoms with Gasteiger partial charge in [-0.1, -0.05) is 17.7 Å². The predicted molar refractivity (Wildman–Crippen MR) is 77.7 cm³/mol. The Morgan fingerprint density at radius 2 is 2.20 bits per heavy atom. The number of carbonyl (C=O) groups excluding carboxylic acids is 1. The topological polar surface area (TPSA) is 50.4 Å². The lowest BCUT2D eigenvalue weighted by Gasteiger charge is -2.30. The zero-order valence-corrected chi connectivity index (χ0v) is 12.4. The van der Waals surface area contributed by atoms with Crippen molar-refractivity contribution in [2.75, 3.05) is 7.11 Å². The van der Waals surface area contributed by atoms with E-state index in [0.717, 1.165) is 0 Å². The van der Waals surface area contributed by atoms with Crippen LogP contribution in [0.2, 0.25) is 5.02 Å². The molecule has 7 heteroatoms. The van der Waals surface area contributed by atoms with Gasteiger partial charge in [0.05, 0.1) is 18.7 Å². The third kappa shape index (κ3) is 2.76. The van der Waals surface area contributed by atoms with E-state index in [1.807, 2.05) is 0 Å². The fourth-order valence-corrected chi connectivity index (χ4v) is 2.59. The van der Waals surface area contributed by atoms with Crippen molar-refractivity contribution in [2.45, 2.75) is 13.0 Å². The Kier molecular flexibility index (Phi) is 4.25. The monoisotopic (exact) mass is 314 g/mol. The number of allylic oxidation sites excluding steroid dienone is 1. The molecule has 0 bridgehead atoms. The number of carbonyl (C=O) groups is 1. The van der Waals surface area contributed by atoms with Crippen LogP contribution in [0.3, 0.4) is 0 Å². The van der Waals surface area contributed by atoms with Crippen LogP contribution in [0.4, 0.5) is 4.39 Å². The molecule has 1 unspecified atom stereocenters. The zero-order chi connectivity index (χ0) is 14.9. The summed E-state index contributed by atoms with van der Waals surface area (Å²) in [7, 11) is 1.29. The molecule has 2 N–H and O–H groups in total. The molecule has 4 nitrogen and oxygen atoms in total. The fourth-order valence-electron chi connectivity index (χ4n) is 2.04. The first-order valence-corrected chi connectivity index (χ1v) is 6.54. The molecule has 1 aliphatic rings. The van der Waals surface area contributed by atoms with Gasteiger partial charge in [-0.3, -0.25) is 0 Å². The molecule has 1 heterocycles. The summed E-state index contributed by atoms with van der Waals surface area (Å²) in [4.78, 5) is 11.9. The van der Waals surface area contributed by atoms with Crippen molar-refractivity contribution in [1.82, 2.24) is 10.6 Å². The Morgan fingerprint density at radius 3 is 2.80 bits per heavy atom. The third-order valence-electron chi connectivity index (χ3n) is 2.95. The molecule has 0 saturated carbocycles. The van der Waals surface area contributed by atoms with Crippen LogP contribution in [0.15, 0.2) is 29.5 Å². The highest BCUT2D eigenvalue weighted by molar-refractivity contribution is 7.80. The van der Waals surface area contributed by atoms with E-state index in [1.54, 1.807) is 6.92 Å². The molecule has 0 fully saturated rings. The Labute approximate surface area is 125 Å². The summed E-state index contributed by atoms with van der Waals surface area (Å²) in [6.07, 6.45) is 0. The number of methoxy groups -OCH3 is 1. The minimum absolute atomic E-state index is 0.210. The molecular formula is C13H12ClFN2O2S. The van der Waals surface area contributed by atoms with Gasteiger partial charge < -0.3 is 15.4 Å². The Bertz CT molecular complexity index is 618. The molecule has 0 radical (unpaired) electrons. The molecule has 1 atom stereocenters. The highest BCUT2D eigenvalue weighted by atomic mass is 35.5. The summed E-state index contributed by atoms with van der Waals surface area (Å²) in [5.74, 6) is -0.953. The minimum atomic E-state index is -0.579. The van der Waals surface area contributed by atoms with Crippen molar-refractivity contribution >= 4 is 34.9 Å². The fraction of sp³-hybridized carbons (Fsp3) is 0.231. The molecule has 0 amide bonds. The number of benzene rings is 1. The van der Waals surface area contributed by atoms with Crippen LogP contribution in [0.1, 0.15) is 18.5 Å². The van der Waals surface area contributed by atoms with Crippen LogP contribution in [0.25, 0.3) is 0 Å². The van der Waals surface area contributed by atoms with E-state index in [4.69, 9.17) is 28.6 Å². The Morgan fingerprint density at radius 1 is 1.50 bits per heavy atom. The summed E-state index contributed by atoms with van der Waals surface area (Å²) in [6, 6.07) is 3.40. The van der Waals surface area contributed by atoms with Crippen LogP contribution in [0, 0.1) is 5.82 Å². The van der Waals surface area contributed by atoms with Crippen LogP contribution in [-0.4, -0.2) is 18.2 Å². The molecule has 1 aromatic rings. The summed E-state index contributed by atoms with van der Waals surface area (Å²) in [6.45, 7) is 1.71. The van der Waals surface area contributed by atoms with Gasteiger partial charge in [0.2, 0.25) is 0 Å². The van der Waals surface area contributed by atoms with Crippen LogP contribution in [0.5, 0.6) is 0 Å². The second-order valence-corrected chi connectivity index (χ2v) is 5.04. The lowest BCUT2D eigenvalue weighted by molar-refractivity contribution is -0.136. The van der Waals surface area contributed by atoms with Gasteiger partial charge in [0.25, 0.3) is 0 Å². The quantitative estimate of drug-likeness (QED) is 0.648. The highest BCUT2D eigenvalue weighted by Gasteiger charge is 2.31. The van der Waals surface area contributed by atoms with Gasteiger partial charge in [-0.15, -0.1) is 0 Å². The predicted octanol–water partition coefficient (Wildman–Crippen LogP) is 2.44. The standard InChI is InChI=1S/C13H12ClFN2O2S/c1-6-10(12(18)19-2)11(17-13(20)16-6)8-4-3-7(15)5-9(8)14/h3-5,11H,1-2H3,(H2,16,17,20). The van der Waals surface area contributed by atoms with E-state index in [2.05, 4.69) is 10.6 Å². The molecule has 0 aliphatic carbocycles. The van der Waals surface area contributed by atoms with Gasteiger partial charge in [-0.2, -0.15) is 0 Å². The number of hydrogen-bond donors (Lipinski definition) is 2. The van der Waals surface area contributed by atoms with Crippen molar-refractivity contribution in [3.05, 3.63) is 45.9 Å². The van der Waals surface area contributed by atoms with E-state index < -0.39 is 17.8 Å². The lowest BCUT2D eigenvalue weighted by atomic mass is 9.95. The Balaban J connectivity index is 2.54. The molecule has 1 aromatic carbocycles. The SMILES string of the molecule is COC(=O)C1=C(C)NC(=S)NC1c1ccc(F)cc1Cl. The van der Waals surface area contributed by atoms with Gasteiger partial charge in [-0.25, -0.2) is 9.18 Å². The number of halogens is 2. The van der Waals surface area contributed by atoms with Crippen molar-refractivity contribution < 1.29 is 13.9 Å². The van der Waals surface area contributed by atoms with E-state index >= 15 is 0 Å². The molecule has 0 spiro atoms. The molecule has 2 rings (SSSR count). The van der Waals surface area contributed by atoms with Crippen LogP contribution >= 0.6 is 23.8 Å². The van der Waals surface area contributed by atoms with Gasteiger partial charge in [0.1, 0.15) is 5.82 Å². The Hall–Kier alpha value is -1.66. The molecule has 1 aliphatic heterocycles. The number of thiocarbonyl (C=S) groups is 1. The summed E-state index contributed by atoms with van der Waals surface area (Å²) >= 11 is 11.1. The average molecular weight is 315 g/mol. The number of nitrogens with one attached hydrogen (secondary N) is 2. The smallest absolute Gasteiger partial charge is 0.337 e. The molecule has 106 valence electrons. The van der Waals surface area contributed by atoms with Crippen LogP contribution in [-0.2, 0) is 9.53 Å². The first-order valence-electron chi connectivity index (χ1n) is 5.75. The third-order valence-corrected chi connectivity index (χ3v) is 3.50. The molecule has 0 saturated heterocycles. The normalized spacial score (nSPS) is 18.4. The first-order chi connectivity index (χ1) is 9.43. The van der Waals surface area contributed by atoms with Crippen molar-refractivity contribution in [1.29, 1.82) is 0 Å². The van der Waals surface area contributed by atoms with Gasteiger partial charge in [0.15, 0.2) is 5.11 Å².